The van der Waals surface area contributed by atoms with Gasteiger partial charge in [-0.25, -0.2) is 9.97 Å². The zero-order valence-corrected chi connectivity index (χ0v) is 29.7. The van der Waals surface area contributed by atoms with Gasteiger partial charge in [-0.15, -0.1) is 0 Å². The molecule has 1 aliphatic carbocycles. The van der Waals surface area contributed by atoms with Crippen LogP contribution in [0.5, 0.6) is 0 Å². The lowest BCUT2D eigenvalue weighted by molar-refractivity contribution is 0.660. The second kappa shape index (κ2) is 12.3. The van der Waals surface area contributed by atoms with Crippen LogP contribution in [0.25, 0.3) is 88.8 Å². The lowest BCUT2D eigenvalue weighted by Crippen LogP contribution is -2.14. The maximum Gasteiger partial charge on any atom is 0.161 e. The van der Waals surface area contributed by atoms with E-state index in [0.717, 1.165) is 33.9 Å². The van der Waals surface area contributed by atoms with Crippen molar-refractivity contribution in [3.8, 4) is 67.3 Å². The average molecular weight is 677 g/mol. The molecule has 0 aliphatic heterocycles. The predicted molar refractivity (Wildman–Crippen MR) is 222 cm³/mol. The minimum absolute atomic E-state index is 0.114. The normalized spacial score (nSPS) is 12.9. The van der Waals surface area contributed by atoms with Gasteiger partial charge in [-0.3, -0.25) is 0 Å². The van der Waals surface area contributed by atoms with Gasteiger partial charge in [0.1, 0.15) is 0 Å². The van der Waals surface area contributed by atoms with E-state index in [2.05, 4.69) is 196 Å². The lowest BCUT2D eigenvalue weighted by atomic mass is 9.82. The third-order valence-corrected chi connectivity index (χ3v) is 11.1. The minimum Gasteiger partial charge on any atom is -0.228 e. The first-order chi connectivity index (χ1) is 26.0. The van der Waals surface area contributed by atoms with Crippen LogP contribution in [-0.4, -0.2) is 9.97 Å². The van der Waals surface area contributed by atoms with E-state index in [-0.39, 0.29) is 5.41 Å². The van der Waals surface area contributed by atoms with Crippen molar-refractivity contribution in [2.75, 3.05) is 0 Å². The van der Waals surface area contributed by atoms with Crippen LogP contribution < -0.4 is 0 Å². The molecule has 0 N–H and O–H groups in total. The highest BCUT2D eigenvalue weighted by Crippen LogP contribution is 2.51. The molecule has 0 saturated carbocycles. The summed E-state index contributed by atoms with van der Waals surface area (Å²) in [5.74, 6) is 0.734. The third-order valence-electron chi connectivity index (χ3n) is 11.1. The van der Waals surface area contributed by atoms with E-state index < -0.39 is 0 Å². The van der Waals surface area contributed by atoms with Crippen molar-refractivity contribution in [1.29, 1.82) is 0 Å². The van der Waals surface area contributed by atoms with Crippen molar-refractivity contribution in [1.82, 2.24) is 9.97 Å². The molecule has 2 heteroatoms. The third kappa shape index (κ3) is 5.18. The highest BCUT2D eigenvalue weighted by atomic mass is 14.9. The summed E-state index contributed by atoms with van der Waals surface area (Å²) in [4.78, 5) is 10.7. The van der Waals surface area contributed by atoms with Crippen molar-refractivity contribution in [3.05, 3.63) is 193 Å². The molecule has 0 bridgehead atoms. The Morgan fingerprint density at radius 1 is 0.358 bits per heavy atom. The summed E-state index contributed by atoms with van der Waals surface area (Å²) in [5, 5.41) is 4.99. The van der Waals surface area contributed by atoms with Gasteiger partial charge in [-0.1, -0.05) is 190 Å². The van der Waals surface area contributed by atoms with Gasteiger partial charge in [0.2, 0.25) is 0 Å². The number of nitrogens with zero attached hydrogens (tertiary/aromatic N) is 2. The van der Waals surface area contributed by atoms with Crippen LogP contribution in [0.4, 0.5) is 0 Å². The van der Waals surface area contributed by atoms with Gasteiger partial charge < -0.3 is 0 Å². The molecular weight excluding hydrogens is 641 g/mol. The first-order valence-electron chi connectivity index (χ1n) is 18.3. The SMILES string of the molecule is CC1(C)c2ccccc2-c2c(-c3nc(-c4ccc(-c5cccc6ccccc56)cc4)cc(-c4ccc(-c5cccc6ccccc56)cc4)n3)cccc21. The Kier molecular flexibility index (Phi) is 7.19. The van der Waals surface area contributed by atoms with Gasteiger partial charge in [-0.05, 0) is 72.1 Å². The number of hydrogen-bond donors (Lipinski definition) is 0. The van der Waals surface area contributed by atoms with Gasteiger partial charge in [-0.2, -0.15) is 0 Å². The summed E-state index contributed by atoms with van der Waals surface area (Å²) >= 11 is 0. The molecule has 0 fully saturated rings. The molecule has 2 nitrogen and oxygen atoms in total. The van der Waals surface area contributed by atoms with Crippen molar-refractivity contribution < 1.29 is 0 Å². The van der Waals surface area contributed by atoms with Crippen LogP contribution >= 0.6 is 0 Å². The molecule has 9 aromatic rings. The molecule has 1 aliphatic rings. The monoisotopic (exact) mass is 676 g/mol. The topological polar surface area (TPSA) is 25.8 Å². The van der Waals surface area contributed by atoms with E-state index in [1.54, 1.807) is 0 Å². The fourth-order valence-electron chi connectivity index (χ4n) is 8.40. The highest BCUT2D eigenvalue weighted by molar-refractivity contribution is 5.98. The maximum absolute atomic E-state index is 5.34. The zero-order valence-electron chi connectivity index (χ0n) is 29.7. The first kappa shape index (κ1) is 31.1. The zero-order chi connectivity index (χ0) is 35.5. The van der Waals surface area contributed by atoms with Gasteiger partial charge in [0.15, 0.2) is 5.82 Å². The second-order valence-electron chi connectivity index (χ2n) is 14.6. The lowest BCUT2D eigenvalue weighted by Gasteiger charge is -2.21. The fraction of sp³-hybridized carbons (Fsp3) is 0.0588. The molecule has 0 spiro atoms. The highest BCUT2D eigenvalue weighted by Gasteiger charge is 2.37. The van der Waals surface area contributed by atoms with Crippen LogP contribution in [0.1, 0.15) is 25.0 Å². The maximum atomic E-state index is 5.34. The summed E-state index contributed by atoms with van der Waals surface area (Å²) in [7, 11) is 0. The Morgan fingerprint density at radius 3 is 1.36 bits per heavy atom. The molecule has 0 saturated heterocycles. The van der Waals surface area contributed by atoms with E-state index in [4.69, 9.17) is 9.97 Å². The quantitative estimate of drug-likeness (QED) is 0.181. The summed E-state index contributed by atoms with van der Waals surface area (Å²) in [6.45, 7) is 4.64. The van der Waals surface area contributed by atoms with Crippen molar-refractivity contribution in [3.63, 3.8) is 0 Å². The smallest absolute Gasteiger partial charge is 0.161 e. The van der Waals surface area contributed by atoms with E-state index in [1.807, 2.05) is 0 Å². The summed E-state index contributed by atoms with van der Waals surface area (Å²) < 4.78 is 0. The number of benzene rings is 8. The van der Waals surface area contributed by atoms with Crippen molar-refractivity contribution in [2.24, 2.45) is 0 Å². The Hall–Kier alpha value is -6.64. The second-order valence-corrected chi connectivity index (χ2v) is 14.6. The van der Waals surface area contributed by atoms with Crippen LogP contribution in [0.15, 0.2) is 182 Å². The van der Waals surface area contributed by atoms with Gasteiger partial charge in [0.05, 0.1) is 11.4 Å². The van der Waals surface area contributed by atoms with Crippen molar-refractivity contribution >= 4 is 21.5 Å². The van der Waals surface area contributed by atoms with Crippen molar-refractivity contribution in [2.45, 2.75) is 19.3 Å². The van der Waals surface area contributed by atoms with Gasteiger partial charge in [0.25, 0.3) is 0 Å². The molecule has 1 aromatic heterocycles. The number of rotatable bonds is 5. The number of fused-ring (bicyclic) bond motifs is 5. The largest absolute Gasteiger partial charge is 0.228 e. The van der Waals surface area contributed by atoms with E-state index in [1.165, 1.54) is 66.1 Å². The predicted octanol–water partition coefficient (Wildman–Crippen LogP) is 13.4. The average Bonchev–Trinajstić information content (AvgIpc) is 3.46. The van der Waals surface area contributed by atoms with E-state index in [9.17, 15) is 0 Å². The van der Waals surface area contributed by atoms with E-state index >= 15 is 0 Å². The summed E-state index contributed by atoms with van der Waals surface area (Å²) in [6.07, 6.45) is 0. The Labute approximate surface area is 310 Å². The number of hydrogen-bond acceptors (Lipinski definition) is 2. The molecule has 0 atom stereocenters. The summed E-state index contributed by atoms with van der Waals surface area (Å²) in [5.41, 5.74) is 14.8. The molecule has 0 amide bonds. The first-order valence-corrected chi connectivity index (χ1v) is 18.3. The minimum atomic E-state index is -0.114. The molecule has 0 radical (unpaired) electrons. The number of aromatic nitrogens is 2. The van der Waals surface area contributed by atoms with Crippen LogP contribution in [-0.2, 0) is 5.41 Å². The Morgan fingerprint density at radius 2 is 0.774 bits per heavy atom. The fourth-order valence-corrected chi connectivity index (χ4v) is 8.40. The van der Waals surface area contributed by atoms with Crippen LogP contribution in [0.2, 0.25) is 0 Å². The standard InChI is InChI=1S/C51H36N2/c1-51(2)45-22-8-7-18-43(45)49-44(21-11-23-46(49)51)50-52-47(37-28-24-35(25-29-37)41-19-9-14-33-12-3-5-16-39(33)41)32-48(53-50)38-30-26-36(27-31-38)42-20-10-15-34-13-4-6-17-40(34)42/h3-32H,1-2H3. The molecule has 250 valence electrons. The molecule has 10 rings (SSSR count). The Balaban J connectivity index is 1.12. The van der Waals surface area contributed by atoms with Crippen LogP contribution in [0.3, 0.4) is 0 Å². The van der Waals surface area contributed by atoms with Gasteiger partial charge in [0, 0.05) is 22.1 Å². The molecule has 53 heavy (non-hydrogen) atoms. The van der Waals surface area contributed by atoms with Crippen LogP contribution in [0, 0.1) is 0 Å². The Bertz CT molecular complexity index is 2690. The van der Waals surface area contributed by atoms with E-state index in [0.29, 0.717) is 0 Å². The molecule has 0 unspecified atom stereocenters. The van der Waals surface area contributed by atoms with Gasteiger partial charge >= 0.3 is 0 Å². The molecular formula is C51H36N2. The molecule has 8 aromatic carbocycles. The summed E-state index contributed by atoms with van der Waals surface area (Å²) in [6, 6.07) is 65.4. The molecule has 1 heterocycles.